The third-order valence-electron chi connectivity index (χ3n) is 2.95. The predicted octanol–water partition coefficient (Wildman–Crippen LogP) is 2.44. The van der Waals surface area contributed by atoms with Gasteiger partial charge in [-0.3, -0.25) is 0 Å². The molecule has 1 aromatic carbocycles. The van der Waals surface area contributed by atoms with Crippen LogP contribution in [0.2, 0.25) is 0 Å². The van der Waals surface area contributed by atoms with Crippen LogP contribution in [0.4, 0.5) is 0 Å². The molecule has 0 saturated heterocycles. The van der Waals surface area contributed by atoms with Crippen LogP contribution >= 0.6 is 0 Å². The molecule has 0 unspecified atom stereocenters. The van der Waals surface area contributed by atoms with Crippen molar-refractivity contribution in [2.45, 2.75) is 58.0 Å². The van der Waals surface area contributed by atoms with Crippen LogP contribution in [0.25, 0.3) is 0 Å². The second kappa shape index (κ2) is 7.76. The summed E-state index contributed by atoms with van der Waals surface area (Å²) in [5.74, 6) is 0. The van der Waals surface area contributed by atoms with Gasteiger partial charge in [0.15, 0.2) is 0 Å². The Balaban J connectivity index is 3.05. The van der Waals surface area contributed by atoms with Gasteiger partial charge in [-0.1, -0.05) is 26.0 Å². The summed E-state index contributed by atoms with van der Waals surface area (Å²) in [6.45, 7) is 9.36. The van der Waals surface area contributed by atoms with E-state index in [0.717, 1.165) is 24.1 Å². The van der Waals surface area contributed by atoms with E-state index < -0.39 is 10.0 Å². The van der Waals surface area contributed by atoms with Gasteiger partial charge in [0.1, 0.15) is 0 Å². The van der Waals surface area contributed by atoms with Crippen molar-refractivity contribution in [3.8, 4) is 0 Å². The summed E-state index contributed by atoms with van der Waals surface area (Å²) in [5.41, 5.74) is 1.86. The van der Waals surface area contributed by atoms with Crippen LogP contribution in [0.15, 0.2) is 23.1 Å². The van der Waals surface area contributed by atoms with Crippen molar-refractivity contribution in [2.24, 2.45) is 0 Å². The predicted molar refractivity (Wildman–Crippen MR) is 83.3 cm³/mol. The zero-order valence-electron chi connectivity index (χ0n) is 12.9. The highest BCUT2D eigenvalue weighted by Gasteiger charge is 2.19. The van der Waals surface area contributed by atoms with Gasteiger partial charge < -0.3 is 5.32 Å². The molecule has 0 saturated carbocycles. The zero-order valence-corrected chi connectivity index (χ0v) is 13.7. The molecule has 0 bridgehead atoms. The summed E-state index contributed by atoms with van der Waals surface area (Å²) in [6, 6.07) is 5.59. The summed E-state index contributed by atoms with van der Waals surface area (Å²) >= 11 is 0. The fraction of sp³-hybridized carbons (Fsp3) is 0.600. The lowest BCUT2D eigenvalue weighted by Gasteiger charge is -2.14. The first-order valence-electron chi connectivity index (χ1n) is 7.25. The van der Waals surface area contributed by atoms with Crippen LogP contribution in [0.1, 0.15) is 45.2 Å². The maximum Gasteiger partial charge on any atom is 0.241 e. The second-order valence-electron chi connectivity index (χ2n) is 5.25. The van der Waals surface area contributed by atoms with E-state index in [1.165, 1.54) is 0 Å². The van der Waals surface area contributed by atoms with Gasteiger partial charge >= 0.3 is 0 Å². The van der Waals surface area contributed by atoms with Crippen LogP contribution in [0.3, 0.4) is 0 Å². The van der Waals surface area contributed by atoms with Crippen LogP contribution < -0.4 is 10.0 Å². The minimum Gasteiger partial charge on any atom is -0.313 e. The first kappa shape index (κ1) is 17.1. The van der Waals surface area contributed by atoms with Gasteiger partial charge in [0.25, 0.3) is 0 Å². The first-order chi connectivity index (χ1) is 9.40. The van der Waals surface area contributed by atoms with E-state index in [4.69, 9.17) is 0 Å². The maximum absolute atomic E-state index is 12.4. The Morgan fingerprint density at radius 1 is 1.20 bits per heavy atom. The van der Waals surface area contributed by atoms with E-state index in [-0.39, 0.29) is 6.04 Å². The van der Waals surface area contributed by atoms with Crippen molar-refractivity contribution in [1.29, 1.82) is 0 Å². The van der Waals surface area contributed by atoms with Gasteiger partial charge in [-0.15, -0.1) is 0 Å². The Kier molecular flexibility index (Phi) is 6.65. The van der Waals surface area contributed by atoms with Crippen LogP contribution in [0, 0.1) is 0 Å². The second-order valence-corrected chi connectivity index (χ2v) is 6.93. The molecular weight excluding hydrogens is 272 g/mol. The summed E-state index contributed by atoms with van der Waals surface area (Å²) < 4.78 is 27.4. The molecule has 0 fully saturated rings. The number of sulfonamides is 1. The molecule has 0 aliphatic carbocycles. The smallest absolute Gasteiger partial charge is 0.241 e. The van der Waals surface area contributed by atoms with E-state index in [0.29, 0.717) is 17.9 Å². The van der Waals surface area contributed by atoms with Crippen molar-refractivity contribution in [2.75, 3.05) is 6.54 Å². The van der Waals surface area contributed by atoms with E-state index in [2.05, 4.69) is 17.0 Å². The normalized spacial score (nSPS) is 12.1. The lowest BCUT2D eigenvalue weighted by Crippen LogP contribution is -2.31. The molecule has 0 aliphatic rings. The topological polar surface area (TPSA) is 58.2 Å². The molecule has 0 heterocycles. The summed E-state index contributed by atoms with van der Waals surface area (Å²) in [4.78, 5) is 0.407. The van der Waals surface area contributed by atoms with Crippen molar-refractivity contribution < 1.29 is 8.42 Å². The van der Waals surface area contributed by atoms with E-state index in [1.807, 2.05) is 32.9 Å². The van der Waals surface area contributed by atoms with E-state index in [1.54, 1.807) is 6.07 Å². The lowest BCUT2D eigenvalue weighted by molar-refractivity contribution is 0.568. The number of aryl methyl sites for hydroxylation is 1. The molecule has 0 atom stereocenters. The van der Waals surface area contributed by atoms with E-state index >= 15 is 0 Å². The number of rotatable bonds is 8. The molecule has 4 nitrogen and oxygen atoms in total. The molecule has 2 N–H and O–H groups in total. The van der Waals surface area contributed by atoms with Crippen molar-refractivity contribution in [3.05, 3.63) is 29.3 Å². The summed E-state index contributed by atoms with van der Waals surface area (Å²) in [6.07, 6.45) is 1.77. The molecule has 5 heteroatoms. The molecule has 1 aromatic rings. The van der Waals surface area contributed by atoms with Gasteiger partial charge in [-0.2, -0.15) is 0 Å². The highest BCUT2D eigenvalue weighted by Crippen LogP contribution is 2.19. The molecule has 114 valence electrons. The van der Waals surface area contributed by atoms with E-state index in [9.17, 15) is 8.42 Å². The third-order valence-corrected chi connectivity index (χ3v) is 4.69. The Morgan fingerprint density at radius 2 is 1.90 bits per heavy atom. The quantitative estimate of drug-likeness (QED) is 0.725. The Hall–Kier alpha value is -0.910. The fourth-order valence-corrected chi connectivity index (χ4v) is 3.65. The monoisotopic (exact) mass is 298 g/mol. The standard InChI is InChI=1S/C15H26N2O2S/c1-5-9-16-11-13-7-8-14(6-2)15(10-13)20(18,19)17-12(3)4/h7-8,10,12,16-17H,5-6,9,11H2,1-4H3. The largest absolute Gasteiger partial charge is 0.313 e. The summed E-state index contributed by atoms with van der Waals surface area (Å²) in [7, 11) is -3.43. The van der Waals surface area contributed by atoms with Crippen LogP contribution in [0.5, 0.6) is 0 Å². The Morgan fingerprint density at radius 3 is 2.45 bits per heavy atom. The Labute approximate surface area is 123 Å². The lowest BCUT2D eigenvalue weighted by atomic mass is 10.1. The average molecular weight is 298 g/mol. The fourth-order valence-electron chi connectivity index (χ4n) is 2.03. The molecule has 0 aliphatic heterocycles. The SMILES string of the molecule is CCCNCc1ccc(CC)c(S(=O)(=O)NC(C)C)c1. The van der Waals surface area contributed by atoms with Crippen molar-refractivity contribution >= 4 is 10.0 Å². The highest BCUT2D eigenvalue weighted by atomic mass is 32.2. The highest BCUT2D eigenvalue weighted by molar-refractivity contribution is 7.89. The third kappa shape index (κ3) is 4.89. The number of hydrogen-bond acceptors (Lipinski definition) is 3. The summed E-state index contributed by atoms with van der Waals surface area (Å²) in [5, 5.41) is 3.29. The van der Waals surface area contributed by atoms with Gasteiger partial charge in [-0.25, -0.2) is 13.1 Å². The van der Waals surface area contributed by atoms with Gasteiger partial charge in [0.05, 0.1) is 4.90 Å². The first-order valence-corrected chi connectivity index (χ1v) is 8.73. The molecule has 0 aromatic heterocycles. The van der Waals surface area contributed by atoms with Crippen molar-refractivity contribution in [1.82, 2.24) is 10.0 Å². The van der Waals surface area contributed by atoms with Gasteiger partial charge in [-0.05, 0) is 50.4 Å². The molecule has 0 radical (unpaired) electrons. The molecule has 20 heavy (non-hydrogen) atoms. The zero-order chi connectivity index (χ0) is 15.2. The molecule has 1 rings (SSSR count). The molecular formula is C15H26N2O2S. The van der Waals surface area contributed by atoms with Crippen LogP contribution in [-0.2, 0) is 23.0 Å². The maximum atomic E-state index is 12.4. The number of hydrogen-bond donors (Lipinski definition) is 2. The number of nitrogens with one attached hydrogen (secondary N) is 2. The average Bonchev–Trinajstić information content (AvgIpc) is 2.37. The van der Waals surface area contributed by atoms with Crippen LogP contribution in [-0.4, -0.2) is 21.0 Å². The van der Waals surface area contributed by atoms with Gasteiger partial charge in [0.2, 0.25) is 10.0 Å². The van der Waals surface area contributed by atoms with Gasteiger partial charge in [0, 0.05) is 12.6 Å². The minimum absolute atomic E-state index is 0.105. The minimum atomic E-state index is -3.43. The van der Waals surface area contributed by atoms with Crippen molar-refractivity contribution in [3.63, 3.8) is 0 Å². The Bertz CT molecular complexity index is 525. The molecule has 0 amide bonds. The molecule has 0 spiro atoms. The number of benzene rings is 1.